The molecule has 0 spiro atoms. The van der Waals surface area contributed by atoms with E-state index in [0.29, 0.717) is 24.6 Å². The molecule has 2 aliphatic rings. The van der Waals surface area contributed by atoms with Crippen LogP contribution in [0.15, 0.2) is 24.3 Å². The predicted octanol–water partition coefficient (Wildman–Crippen LogP) is 3.15. The van der Waals surface area contributed by atoms with Crippen molar-refractivity contribution in [3.63, 3.8) is 0 Å². The van der Waals surface area contributed by atoms with Gasteiger partial charge in [0.25, 0.3) is 0 Å². The number of urea groups is 1. The molecule has 6 nitrogen and oxygen atoms in total. The molecule has 3 rings (SSSR count). The van der Waals surface area contributed by atoms with Crippen molar-refractivity contribution >= 4 is 17.6 Å². The van der Waals surface area contributed by atoms with Gasteiger partial charge in [0.1, 0.15) is 5.75 Å². The molecule has 0 unspecified atom stereocenters. The smallest absolute Gasteiger partial charge is 0.319 e. The molecule has 0 heterocycles. The Hall–Kier alpha value is -2.24. The molecule has 2 aliphatic carbocycles. The quantitative estimate of drug-likeness (QED) is 0.700. The number of carbonyl (C=O) groups excluding carboxylic acids is 2. The molecule has 0 radical (unpaired) electrons. The second-order valence-corrected chi connectivity index (χ2v) is 7.55. The summed E-state index contributed by atoms with van der Waals surface area (Å²) in [4.78, 5) is 24.0. The highest BCUT2D eigenvalue weighted by atomic mass is 16.5. The molecule has 6 heteroatoms. The Morgan fingerprint density at radius 1 is 1.19 bits per heavy atom. The Morgan fingerprint density at radius 2 is 1.96 bits per heavy atom. The second-order valence-electron chi connectivity index (χ2n) is 7.55. The molecule has 1 aromatic rings. The third-order valence-electron chi connectivity index (χ3n) is 5.81. The largest absolute Gasteiger partial charge is 0.497 e. The number of ether oxygens (including phenoxy) is 1. The maximum absolute atomic E-state index is 12.1. The van der Waals surface area contributed by atoms with Gasteiger partial charge in [-0.05, 0) is 68.2 Å². The zero-order valence-corrected chi connectivity index (χ0v) is 15.6. The van der Waals surface area contributed by atoms with Gasteiger partial charge in [-0.1, -0.05) is 6.42 Å². The van der Waals surface area contributed by atoms with E-state index in [1.54, 1.807) is 31.4 Å². The van der Waals surface area contributed by atoms with Crippen LogP contribution in [-0.4, -0.2) is 31.6 Å². The highest BCUT2D eigenvalue weighted by Gasteiger charge is 2.42. The second kappa shape index (κ2) is 8.43. The van der Waals surface area contributed by atoms with Gasteiger partial charge in [0, 0.05) is 24.7 Å². The standard InChI is InChI=1S/C20H29N3O3/c1-13(18-12-14-3-4-15(18)11-14)22-19(24)9-10-21-20(25)23-16-5-7-17(26-2)8-6-16/h5-8,13-15,18H,3-4,9-12H2,1-2H3,(H,22,24)(H2,21,23,25)/t13-,14-,15-,18-/m0/s1. The van der Waals surface area contributed by atoms with E-state index in [1.807, 2.05) is 0 Å². The topological polar surface area (TPSA) is 79.5 Å². The molecule has 0 aliphatic heterocycles. The van der Waals surface area contributed by atoms with Crippen molar-refractivity contribution in [2.45, 2.75) is 45.1 Å². The van der Waals surface area contributed by atoms with Crippen molar-refractivity contribution in [2.75, 3.05) is 19.0 Å². The molecule has 2 saturated carbocycles. The van der Waals surface area contributed by atoms with Gasteiger partial charge in [-0.15, -0.1) is 0 Å². The number of methoxy groups -OCH3 is 1. The molecule has 0 aromatic heterocycles. The molecular weight excluding hydrogens is 330 g/mol. The lowest BCUT2D eigenvalue weighted by Gasteiger charge is -2.28. The first-order valence-electron chi connectivity index (χ1n) is 9.53. The Bertz CT molecular complexity index is 632. The molecule has 3 amide bonds. The van der Waals surface area contributed by atoms with Crippen molar-refractivity contribution < 1.29 is 14.3 Å². The number of fused-ring (bicyclic) bond motifs is 2. The lowest BCUT2D eigenvalue weighted by molar-refractivity contribution is -0.122. The summed E-state index contributed by atoms with van der Waals surface area (Å²) < 4.78 is 5.08. The van der Waals surface area contributed by atoms with Gasteiger partial charge in [0.15, 0.2) is 0 Å². The van der Waals surface area contributed by atoms with Crippen LogP contribution in [0.25, 0.3) is 0 Å². The number of amides is 3. The normalized spacial score (nSPS) is 24.8. The van der Waals surface area contributed by atoms with E-state index >= 15 is 0 Å². The molecule has 4 atom stereocenters. The molecule has 3 N–H and O–H groups in total. The maximum atomic E-state index is 12.1. The first-order chi connectivity index (χ1) is 12.5. The molecule has 1 aromatic carbocycles. The summed E-state index contributed by atoms with van der Waals surface area (Å²) in [7, 11) is 1.60. The van der Waals surface area contributed by atoms with Gasteiger partial charge in [-0.2, -0.15) is 0 Å². The fourth-order valence-corrected chi connectivity index (χ4v) is 4.48. The van der Waals surface area contributed by atoms with Crippen LogP contribution in [0, 0.1) is 17.8 Å². The molecule has 2 bridgehead atoms. The minimum absolute atomic E-state index is 0.00465. The average molecular weight is 359 g/mol. The zero-order chi connectivity index (χ0) is 18.5. The van der Waals surface area contributed by atoms with E-state index in [9.17, 15) is 9.59 Å². The number of carbonyl (C=O) groups is 2. The summed E-state index contributed by atoms with van der Waals surface area (Å²) in [6.07, 6.45) is 5.59. The summed E-state index contributed by atoms with van der Waals surface area (Å²) >= 11 is 0. The van der Waals surface area contributed by atoms with E-state index in [-0.39, 0.29) is 18.0 Å². The van der Waals surface area contributed by atoms with Gasteiger partial charge >= 0.3 is 6.03 Å². The van der Waals surface area contributed by atoms with E-state index in [4.69, 9.17) is 4.74 Å². The fraction of sp³-hybridized carbons (Fsp3) is 0.600. The van der Waals surface area contributed by atoms with Crippen LogP contribution in [0.2, 0.25) is 0 Å². The van der Waals surface area contributed by atoms with Crippen LogP contribution in [0.4, 0.5) is 10.5 Å². The molecule has 0 saturated heterocycles. The van der Waals surface area contributed by atoms with Crippen LogP contribution < -0.4 is 20.7 Å². The Balaban J connectivity index is 1.33. The summed E-state index contributed by atoms with van der Waals surface area (Å²) in [5, 5.41) is 8.57. The van der Waals surface area contributed by atoms with E-state index in [2.05, 4.69) is 22.9 Å². The van der Waals surface area contributed by atoms with Crippen LogP contribution in [0.5, 0.6) is 5.75 Å². The average Bonchev–Trinajstić information content (AvgIpc) is 3.25. The van der Waals surface area contributed by atoms with E-state index < -0.39 is 0 Å². The van der Waals surface area contributed by atoms with Crippen LogP contribution in [-0.2, 0) is 4.79 Å². The lowest BCUT2D eigenvalue weighted by atomic mass is 9.84. The van der Waals surface area contributed by atoms with Crippen molar-refractivity contribution in [2.24, 2.45) is 17.8 Å². The SMILES string of the molecule is COc1ccc(NC(=O)NCCC(=O)N[C@@H](C)[C@@H]2C[C@H]3CC[C@H]2C3)cc1. The Kier molecular flexibility index (Phi) is 6.01. The van der Waals surface area contributed by atoms with Crippen LogP contribution >= 0.6 is 0 Å². The minimum Gasteiger partial charge on any atom is -0.497 e. The maximum Gasteiger partial charge on any atom is 0.319 e. The van der Waals surface area contributed by atoms with Crippen molar-refractivity contribution in [3.05, 3.63) is 24.3 Å². The summed E-state index contributed by atoms with van der Waals surface area (Å²) in [5.41, 5.74) is 0.678. The zero-order valence-electron chi connectivity index (χ0n) is 15.6. The third-order valence-corrected chi connectivity index (χ3v) is 5.81. The summed E-state index contributed by atoms with van der Waals surface area (Å²) in [5.74, 6) is 3.04. The first kappa shape index (κ1) is 18.5. The van der Waals surface area contributed by atoms with Gasteiger partial charge in [0.05, 0.1) is 7.11 Å². The number of anilines is 1. The molecule has 26 heavy (non-hydrogen) atoms. The van der Waals surface area contributed by atoms with E-state index in [0.717, 1.165) is 17.6 Å². The number of benzene rings is 1. The first-order valence-corrected chi connectivity index (χ1v) is 9.53. The Labute approximate surface area is 155 Å². The van der Waals surface area contributed by atoms with Gasteiger partial charge in [-0.25, -0.2) is 4.79 Å². The fourth-order valence-electron chi connectivity index (χ4n) is 4.48. The summed E-state index contributed by atoms with van der Waals surface area (Å²) in [6.45, 7) is 2.43. The minimum atomic E-state index is -0.316. The highest BCUT2D eigenvalue weighted by Crippen LogP contribution is 2.49. The number of hydrogen-bond donors (Lipinski definition) is 3. The molecule has 2 fully saturated rings. The van der Waals surface area contributed by atoms with Crippen molar-refractivity contribution in [1.82, 2.24) is 10.6 Å². The number of rotatable bonds is 7. The summed E-state index contributed by atoms with van der Waals surface area (Å²) in [6, 6.07) is 7.00. The van der Waals surface area contributed by atoms with Crippen LogP contribution in [0.1, 0.15) is 39.0 Å². The number of nitrogens with one attached hydrogen (secondary N) is 3. The van der Waals surface area contributed by atoms with Gasteiger partial charge in [0.2, 0.25) is 5.91 Å². The van der Waals surface area contributed by atoms with Gasteiger partial charge in [-0.3, -0.25) is 4.79 Å². The third kappa shape index (κ3) is 4.68. The lowest BCUT2D eigenvalue weighted by Crippen LogP contribution is -2.41. The number of hydrogen-bond acceptors (Lipinski definition) is 3. The van der Waals surface area contributed by atoms with Crippen molar-refractivity contribution in [3.8, 4) is 5.75 Å². The highest BCUT2D eigenvalue weighted by molar-refractivity contribution is 5.89. The van der Waals surface area contributed by atoms with Crippen LogP contribution in [0.3, 0.4) is 0 Å². The monoisotopic (exact) mass is 359 g/mol. The van der Waals surface area contributed by atoms with E-state index in [1.165, 1.54) is 25.7 Å². The van der Waals surface area contributed by atoms with Crippen molar-refractivity contribution in [1.29, 1.82) is 0 Å². The Morgan fingerprint density at radius 3 is 2.58 bits per heavy atom. The predicted molar refractivity (Wildman–Crippen MR) is 101 cm³/mol. The molecular formula is C20H29N3O3. The molecule has 142 valence electrons. The van der Waals surface area contributed by atoms with Gasteiger partial charge < -0.3 is 20.7 Å².